The third-order valence-electron chi connectivity index (χ3n) is 2.46. The summed E-state index contributed by atoms with van der Waals surface area (Å²) >= 11 is 0. The van der Waals surface area contributed by atoms with Crippen LogP contribution in [0.15, 0.2) is 42.5 Å². The van der Waals surface area contributed by atoms with Crippen molar-refractivity contribution in [2.24, 2.45) is 5.73 Å². The molecule has 0 heterocycles. The minimum Gasteiger partial charge on any atom is -0.450 e. The molecule has 0 saturated carbocycles. The first kappa shape index (κ1) is 13.0. The second-order valence-corrected chi connectivity index (χ2v) is 3.83. The van der Waals surface area contributed by atoms with Crippen LogP contribution in [0.2, 0.25) is 0 Å². The van der Waals surface area contributed by atoms with Crippen molar-refractivity contribution in [2.45, 2.75) is 6.54 Å². The minimum atomic E-state index is -0.557. The second kappa shape index (κ2) is 5.45. The molecule has 98 valence electrons. The van der Waals surface area contributed by atoms with Gasteiger partial charge in [0.25, 0.3) is 0 Å². The number of para-hydroxylation sites is 2. The van der Waals surface area contributed by atoms with Gasteiger partial charge < -0.3 is 10.5 Å². The van der Waals surface area contributed by atoms with Gasteiger partial charge in [0, 0.05) is 18.7 Å². The molecule has 0 fully saturated rings. The van der Waals surface area contributed by atoms with E-state index in [0.717, 1.165) is 6.07 Å². The van der Waals surface area contributed by atoms with Crippen molar-refractivity contribution in [3.63, 3.8) is 0 Å². The van der Waals surface area contributed by atoms with Gasteiger partial charge in [-0.05, 0) is 23.8 Å². The lowest BCUT2D eigenvalue weighted by molar-refractivity contribution is -0.385. The van der Waals surface area contributed by atoms with Crippen LogP contribution in [0.1, 0.15) is 5.56 Å². The van der Waals surface area contributed by atoms with E-state index in [4.69, 9.17) is 10.5 Å². The van der Waals surface area contributed by atoms with Gasteiger partial charge in [0.2, 0.25) is 5.75 Å². The van der Waals surface area contributed by atoms with Crippen LogP contribution in [0.3, 0.4) is 0 Å². The van der Waals surface area contributed by atoms with E-state index in [1.807, 2.05) is 0 Å². The van der Waals surface area contributed by atoms with E-state index in [9.17, 15) is 14.5 Å². The number of nitrogens with zero attached hydrogens (tertiary/aromatic N) is 1. The Morgan fingerprint density at radius 3 is 2.68 bits per heavy atom. The number of nitro groups is 1. The molecule has 2 N–H and O–H groups in total. The summed E-state index contributed by atoms with van der Waals surface area (Å²) < 4.78 is 18.7. The summed E-state index contributed by atoms with van der Waals surface area (Å²) in [6.07, 6.45) is 0. The molecule has 19 heavy (non-hydrogen) atoms. The molecular formula is C13H11FN2O3. The predicted molar refractivity (Wildman–Crippen MR) is 67.5 cm³/mol. The lowest BCUT2D eigenvalue weighted by Crippen LogP contribution is -1.98. The fourth-order valence-electron chi connectivity index (χ4n) is 1.62. The standard InChI is InChI=1S/C13H11FN2O3/c14-10-5-9(8-15)6-11(7-10)19-13-4-2-1-3-12(13)16(17)18/h1-7H,8,15H2. The number of nitrogens with two attached hydrogens (primary N) is 1. The van der Waals surface area contributed by atoms with E-state index < -0.39 is 10.7 Å². The Kier molecular flexibility index (Phi) is 3.72. The fourth-order valence-corrected chi connectivity index (χ4v) is 1.62. The van der Waals surface area contributed by atoms with E-state index in [-0.39, 0.29) is 23.7 Å². The quantitative estimate of drug-likeness (QED) is 0.678. The topological polar surface area (TPSA) is 78.4 Å². The van der Waals surface area contributed by atoms with Gasteiger partial charge in [-0.25, -0.2) is 4.39 Å². The lowest BCUT2D eigenvalue weighted by Gasteiger charge is -2.07. The Labute approximate surface area is 108 Å². The first-order chi connectivity index (χ1) is 9.10. The van der Waals surface area contributed by atoms with Crippen LogP contribution in [0.5, 0.6) is 11.5 Å². The van der Waals surface area contributed by atoms with E-state index in [1.165, 1.54) is 24.3 Å². The van der Waals surface area contributed by atoms with Gasteiger partial charge in [-0.2, -0.15) is 0 Å². The number of hydrogen-bond acceptors (Lipinski definition) is 4. The maximum absolute atomic E-state index is 13.3. The van der Waals surface area contributed by atoms with E-state index >= 15 is 0 Å². The highest BCUT2D eigenvalue weighted by Crippen LogP contribution is 2.31. The van der Waals surface area contributed by atoms with Crippen molar-refractivity contribution >= 4 is 5.69 Å². The van der Waals surface area contributed by atoms with Crippen LogP contribution < -0.4 is 10.5 Å². The second-order valence-electron chi connectivity index (χ2n) is 3.83. The summed E-state index contributed by atoms with van der Waals surface area (Å²) in [5, 5.41) is 10.8. The van der Waals surface area contributed by atoms with Crippen molar-refractivity contribution in [2.75, 3.05) is 0 Å². The van der Waals surface area contributed by atoms with E-state index in [2.05, 4.69) is 0 Å². The zero-order valence-corrected chi connectivity index (χ0v) is 9.88. The van der Waals surface area contributed by atoms with Crippen molar-refractivity contribution < 1.29 is 14.1 Å². The molecule has 0 unspecified atom stereocenters. The van der Waals surface area contributed by atoms with Crippen LogP contribution in [0, 0.1) is 15.9 Å². The number of halogens is 1. The fraction of sp³-hybridized carbons (Fsp3) is 0.0769. The van der Waals surface area contributed by atoms with Gasteiger partial charge >= 0.3 is 5.69 Å². The van der Waals surface area contributed by atoms with Gasteiger partial charge in [-0.3, -0.25) is 10.1 Å². The SMILES string of the molecule is NCc1cc(F)cc(Oc2ccccc2[N+](=O)[O-])c1. The van der Waals surface area contributed by atoms with Crippen molar-refractivity contribution in [3.8, 4) is 11.5 Å². The molecule has 2 aromatic carbocycles. The average Bonchev–Trinajstić information content (AvgIpc) is 2.38. The Bertz CT molecular complexity index is 617. The third kappa shape index (κ3) is 3.05. The summed E-state index contributed by atoms with van der Waals surface area (Å²) in [5.74, 6) is -0.271. The van der Waals surface area contributed by atoms with Crippen molar-refractivity contribution in [3.05, 3.63) is 64.0 Å². The smallest absolute Gasteiger partial charge is 0.311 e. The lowest BCUT2D eigenvalue weighted by atomic mass is 10.2. The maximum Gasteiger partial charge on any atom is 0.311 e. The van der Waals surface area contributed by atoms with Crippen molar-refractivity contribution in [1.29, 1.82) is 0 Å². The van der Waals surface area contributed by atoms with Crippen molar-refractivity contribution in [1.82, 2.24) is 0 Å². The van der Waals surface area contributed by atoms with E-state index in [1.54, 1.807) is 12.1 Å². The molecule has 0 aliphatic carbocycles. The molecule has 0 amide bonds. The highest BCUT2D eigenvalue weighted by atomic mass is 19.1. The summed E-state index contributed by atoms with van der Waals surface area (Å²) in [7, 11) is 0. The maximum atomic E-state index is 13.3. The zero-order chi connectivity index (χ0) is 13.8. The van der Waals surface area contributed by atoms with Gasteiger partial charge in [-0.1, -0.05) is 12.1 Å². The molecule has 2 aromatic rings. The Hall–Kier alpha value is -2.47. The van der Waals surface area contributed by atoms with E-state index in [0.29, 0.717) is 5.56 Å². The average molecular weight is 262 g/mol. The largest absolute Gasteiger partial charge is 0.450 e. The van der Waals surface area contributed by atoms with Gasteiger partial charge in [0.15, 0.2) is 0 Å². The molecule has 0 aliphatic rings. The first-order valence-corrected chi connectivity index (χ1v) is 5.51. The molecule has 2 rings (SSSR count). The van der Waals surface area contributed by atoms with Crippen LogP contribution >= 0.6 is 0 Å². The number of ether oxygens (including phenoxy) is 1. The molecule has 0 atom stereocenters. The molecule has 5 nitrogen and oxygen atoms in total. The molecule has 0 aliphatic heterocycles. The molecule has 0 radical (unpaired) electrons. The normalized spacial score (nSPS) is 10.2. The summed E-state index contributed by atoms with van der Waals surface area (Å²) in [4.78, 5) is 10.3. The Morgan fingerprint density at radius 1 is 1.26 bits per heavy atom. The molecule has 0 aromatic heterocycles. The predicted octanol–water partition coefficient (Wildman–Crippen LogP) is 2.98. The molecule has 6 heteroatoms. The van der Waals surface area contributed by atoms with Gasteiger partial charge in [0.05, 0.1) is 4.92 Å². The Balaban J connectivity index is 2.36. The first-order valence-electron chi connectivity index (χ1n) is 5.51. The highest BCUT2D eigenvalue weighted by Gasteiger charge is 2.14. The molecule has 0 spiro atoms. The van der Waals surface area contributed by atoms with Gasteiger partial charge in [-0.15, -0.1) is 0 Å². The number of nitro benzene ring substituents is 1. The van der Waals surface area contributed by atoms with Gasteiger partial charge in [0.1, 0.15) is 11.6 Å². The zero-order valence-electron chi connectivity index (χ0n) is 9.88. The van der Waals surface area contributed by atoms with Crippen LogP contribution in [-0.4, -0.2) is 4.92 Å². The minimum absolute atomic E-state index is 0.0565. The van der Waals surface area contributed by atoms with Crippen LogP contribution in [-0.2, 0) is 6.54 Å². The highest BCUT2D eigenvalue weighted by molar-refractivity contribution is 5.48. The summed E-state index contributed by atoms with van der Waals surface area (Å²) in [6, 6.07) is 9.87. The number of benzene rings is 2. The number of hydrogen-bond donors (Lipinski definition) is 1. The van der Waals surface area contributed by atoms with Crippen LogP contribution in [0.25, 0.3) is 0 Å². The molecular weight excluding hydrogens is 251 g/mol. The third-order valence-corrected chi connectivity index (χ3v) is 2.46. The summed E-state index contributed by atoms with van der Waals surface area (Å²) in [6.45, 7) is 0.158. The Morgan fingerprint density at radius 2 is 2.00 bits per heavy atom. The summed E-state index contributed by atoms with van der Waals surface area (Å²) in [5.41, 5.74) is 5.80. The monoisotopic (exact) mass is 262 g/mol. The van der Waals surface area contributed by atoms with Crippen LogP contribution in [0.4, 0.5) is 10.1 Å². The molecule has 0 bridgehead atoms. The number of rotatable bonds is 4. The molecule has 0 saturated heterocycles.